The third-order valence-corrected chi connectivity index (χ3v) is 7.76. The molecule has 0 saturated carbocycles. The van der Waals surface area contributed by atoms with Gasteiger partial charge in [-0.05, 0) is 55.3 Å². The number of aromatic nitrogens is 1. The van der Waals surface area contributed by atoms with E-state index < -0.39 is 10.0 Å². The van der Waals surface area contributed by atoms with Crippen LogP contribution in [0, 0.1) is 13.8 Å². The van der Waals surface area contributed by atoms with Gasteiger partial charge in [-0.1, -0.05) is 12.1 Å². The molecule has 1 aromatic heterocycles. The normalized spacial score (nSPS) is 15.5. The van der Waals surface area contributed by atoms with E-state index in [1.165, 1.54) is 4.31 Å². The van der Waals surface area contributed by atoms with Crippen molar-refractivity contribution in [2.45, 2.75) is 18.7 Å². The van der Waals surface area contributed by atoms with Gasteiger partial charge in [0.05, 0.1) is 4.90 Å². The van der Waals surface area contributed by atoms with Crippen LogP contribution in [-0.2, 0) is 17.1 Å². The molecule has 0 unspecified atom stereocenters. The topological polar surface area (TPSA) is 74.7 Å². The second-order valence-electron chi connectivity index (χ2n) is 7.72. The van der Waals surface area contributed by atoms with Crippen LogP contribution in [0.1, 0.15) is 11.1 Å². The van der Waals surface area contributed by atoms with E-state index in [0.717, 1.165) is 27.7 Å². The Morgan fingerprint density at radius 2 is 1.73 bits per heavy atom. The summed E-state index contributed by atoms with van der Waals surface area (Å²) in [5.41, 5.74) is 3.91. The Hall–Kier alpha value is -2.84. The number of rotatable bonds is 3. The number of nitrogens with zero attached hydrogens (tertiary/aromatic N) is 3. The number of sulfonamides is 1. The Morgan fingerprint density at radius 1 is 1.00 bits per heavy atom. The molecule has 2 amide bonds. The van der Waals surface area contributed by atoms with Gasteiger partial charge in [-0.15, -0.1) is 0 Å². The van der Waals surface area contributed by atoms with Crippen LogP contribution in [0.4, 0.5) is 10.5 Å². The number of aryl methyl sites for hydroxylation is 2. The molecule has 1 aliphatic heterocycles. The van der Waals surface area contributed by atoms with Crippen molar-refractivity contribution in [3.63, 3.8) is 0 Å². The predicted molar refractivity (Wildman–Crippen MR) is 118 cm³/mol. The number of piperazine rings is 1. The summed E-state index contributed by atoms with van der Waals surface area (Å²) in [5, 5.41) is 3.84. The average molecular weight is 427 g/mol. The first kappa shape index (κ1) is 20.4. The highest BCUT2D eigenvalue weighted by Gasteiger charge is 2.30. The van der Waals surface area contributed by atoms with Gasteiger partial charge >= 0.3 is 6.03 Å². The zero-order valence-corrected chi connectivity index (χ0v) is 18.2. The van der Waals surface area contributed by atoms with Gasteiger partial charge in [0, 0.05) is 56.0 Å². The molecule has 2 heterocycles. The largest absolute Gasteiger partial charge is 0.351 e. The van der Waals surface area contributed by atoms with E-state index in [-0.39, 0.29) is 24.0 Å². The minimum atomic E-state index is -3.60. The van der Waals surface area contributed by atoms with Crippen molar-refractivity contribution in [3.8, 4) is 0 Å². The van der Waals surface area contributed by atoms with Crippen molar-refractivity contribution in [1.82, 2.24) is 13.8 Å². The highest BCUT2D eigenvalue weighted by molar-refractivity contribution is 7.89. The summed E-state index contributed by atoms with van der Waals surface area (Å²) < 4.78 is 29.6. The molecule has 0 radical (unpaired) electrons. The fourth-order valence-electron chi connectivity index (χ4n) is 3.78. The van der Waals surface area contributed by atoms with E-state index in [1.54, 1.807) is 17.0 Å². The molecule has 4 rings (SSSR count). The van der Waals surface area contributed by atoms with Gasteiger partial charge in [-0.2, -0.15) is 4.31 Å². The molecule has 1 aliphatic rings. The van der Waals surface area contributed by atoms with Crippen LogP contribution in [0.25, 0.3) is 10.9 Å². The lowest BCUT2D eigenvalue weighted by molar-refractivity contribution is 0.184. The third kappa shape index (κ3) is 3.68. The molecule has 0 spiro atoms. The molecule has 8 heteroatoms. The van der Waals surface area contributed by atoms with Crippen LogP contribution in [0.2, 0.25) is 0 Å². The summed E-state index contributed by atoms with van der Waals surface area (Å²) >= 11 is 0. The Balaban J connectivity index is 1.44. The molecule has 30 heavy (non-hydrogen) atoms. The molecule has 1 saturated heterocycles. The third-order valence-electron chi connectivity index (χ3n) is 5.87. The number of carbonyl (C=O) groups excluding carboxylic acids is 1. The van der Waals surface area contributed by atoms with Gasteiger partial charge in [-0.3, -0.25) is 0 Å². The van der Waals surface area contributed by atoms with Crippen LogP contribution in [0.3, 0.4) is 0 Å². The number of benzene rings is 2. The van der Waals surface area contributed by atoms with Crippen molar-refractivity contribution in [3.05, 3.63) is 59.8 Å². The molecular weight excluding hydrogens is 400 g/mol. The molecule has 7 nitrogen and oxygen atoms in total. The minimum Gasteiger partial charge on any atom is -0.351 e. The van der Waals surface area contributed by atoms with E-state index in [9.17, 15) is 13.2 Å². The molecule has 1 N–H and O–H groups in total. The fraction of sp³-hybridized carbons (Fsp3) is 0.318. The number of nitrogens with one attached hydrogen (secondary N) is 1. The van der Waals surface area contributed by atoms with Crippen LogP contribution >= 0.6 is 0 Å². The molecule has 2 aromatic carbocycles. The van der Waals surface area contributed by atoms with Gasteiger partial charge in [0.15, 0.2) is 0 Å². The maximum atomic E-state index is 13.1. The second-order valence-corrected chi connectivity index (χ2v) is 9.65. The Labute approximate surface area is 176 Å². The van der Waals surface area contributed by atoms with Crippen LogP contribution in [0.15, 0.2) is 53.6 Å². The smallest absolute Gasteiger partial charge is 0.321 e. The lowest BCUT2D eigenvalue weighted by Crippen LogP contribution is -2.51. The average Bonchev–Trinajstić information content (AvgIpc) is 3.12. The number of fused-ring (bicyclic) bond motifs is 1. The van der Waals surface area contributed by atoms with Crippen molar-refractivity contribution >= 4 is 32.6 Å². The Morgan fingerprint density at radius 3 is 2.47 bits per heavy atom. The lowest BCUT2D eigenvalue weighted by atomic mass is 10.1. The maximum absolute atomic E-state index is 13.1. The van der Waals surface area contributed by atoms with Gasteiger partial charge in [0.25, 0.3) is 0 Å². The molecule has 158 valence electrons. The highest BCUT2D eigenvalue weighted by atomic mass is 32.2. The monoisotopic (exact) mass is 426 g/mol. The Bertz CT molecular complexity index is 1210. The number of carbonyl (C=O) groups is 1. The van der Waals surface area contributed by atoms with Crippen molar-refractivity contribution in [2.75, 3.05) is 31.5 Å². The van der Waals surface area contributed by atoms with Gasteiger partial charge in [0.1, 0.15) is 0 Å². The van der Waals surface area contributed by atoms with E-state index in [1.807, 2.05) is 62.0 Å². The maximum Gasteiger partial charge on any atom is 0.321 e. The molecule has 1 fully saturated rings. The van der Waals surface area contributed by atoms with Crippen LogP contribution < -0.4 is 5.32 Å². The van der Waals surface area contributed by atoms with E-state index >= 15 is 0 Å². The summed E-state index contributed by atoms with van der Waals surface area (Å²) in [6, 6.07) is 12.7. The Kier molecular flexibility index (Phi) is 5.29. The molecule has 0 bridgehead atoms. The summed E-state index contributed by atoms with van der Waals surface area (Å²) in [4.78, 5) is 14.6. The van der Waals surface area contributed by atoms with Gasteiger partial charge in [-0.25, -0.2) is 13.2 Å². The van der Waals surface area contributed by atoms with Crippen LogP contribution in [0.5, 0.6) is 0 Å². The second kappa shape index (κ2) is 7.77. The minimum absolute atomic E-state index is 0.202. The molecule has 0 aliphatic carbocycles. The van der Waals surface area contributed by atoms with E-state index in [0.29, 0.717) is 13.1 Å². The fourth-order valence-corrected chi connectivity index (χ4v) is 5.24. The summed E-state index contributed by atoms with van der Waals surface area (Å²) in [5.74, 6) is 0. The zero-order chi connectivity index (χ0) is 21.5. The zero-order valence-electron chi connectivity index (χ0n) is 17.4. The van der Waals surface area contributed by atoms with E-state index in [2.05, 4.69) is 5.32 Å². The quantitative estimate of drug-likeness (QED) is 0.698. The standard InChI is InChI=1S/C22H26N4O3S/c1-16-5-4-6-20(17(16)2)23-22(27)25-11-13-26(14-12-25)30(28,29)19-7-8-21-18(15-19)9-10-24(21)3/h4-10,15H,11-14H2,1-3H3,(H,23,27). The SMILES string of the molecule is Cc1cccc(NC(=O)N2CCN(S(=O)(=O)c3ccc4c(ccn4C)c3)CC2)c1C. The summed E-state index contributed by atoms with van der Waals surface area (Å²) in [6.07, 6.45) is 1.91. The van der Waals surface area contributed by atoms with Gasteiger partial charge < -0.3 is 14.8 Å². The number of hydrogen-bond acceptors (Lipinski definition) is 3. The molecule has 0 atom stereocenters. The number of urea groups is 1. The molecule has 3 aromatic rings. The first-order valence-corrected chi connectivity index (χ1v) is 11.4. The number of anilines is 1. The van der Waals surface area contributed by atoms with Crippen molar-refractivity contribution < 1.29 is 13.2 Å². The predicted octanol–water partition coefficient (Wildman–Crippen LogP) is 3.33. The molecular formula is C22H26N4O3S. The summed E-state index contributed by atoms with van der Waals surface area (Å²) in [7, 11) is -1.67. The lowest BCUT2D eigenvalue weighted by Gasteiger charge is -2.34. The van der Waals surface area contributed by atoms with Crippen molar-refractivity contribution in [2.24, 2.45) is 7.05 Å². The first-order chi connectivity index (χ1) is 14.3. The summed E-state index contributed by atoms with van der Waals surface area (Å²) in [6.45, 7) is 5.22. The highest BCUT2D eigenvalue weighted by Crippen LogP contribution is 2.24. The first-order valence-electron chi connectivity index (χ1n) is 9.95. The number of hydrogen-bond donors (Lipinski definition) is 1. The number of amides is 2. The van der Waals surface area contributed by atoms with Gasteiger partial charge in [0.2, 0.25) is 10.0 Å². The van der Waals surface area contributed by atoms with Crippen LogP contribution in [-0.4, -0.2) is 54.4 Å². The van der Waals surface area contributed by atoms with E-state index in [4.69, 9.17) is 0 Å². The van der Waals surface area contributed by atoms with Crippen molar-refractivity contribution in [1.29, 1.82) is 0 Å².